The van der Waals surface area contributed by atoms with Crippen LogP contribution in [0.3, 0.4) is 0 Å². The average Bonchev–Trinajstić information content (AvgIpc) is 2.93. The summed E-state index contributed by atoms with van der Waals surface area (Å²) < 4.78 is 2.21. The van der Waals surface area contributed by atoms with E-state index in [0.717, 1.165) is 36.2 Å². The van der Waals surface area contributed by atoms with E-state index in [9.17, 15) is 4.79 Å². The van der Waals surface area contributed by atoms with Crippen LogP contribution in [0, 0.1) is 19.8 Å². The van der Waals surface area contributed by atoms with Gasteiger partial charge in [0.2, 0.25) is 0 Å². The van der Waals surface area contributed by atoms with Gasteiger partial charge in [0.05, 0.1) is 5.56 Å². The first-order valence-electron chi connectivity index (χ1n) is 7.65. The fourth-order valence-electron chi connectivity index (χ4n) is 3.56. The van der Waals surface area contributed by atoms with Crippen molar-refractivity contribution < 1.29 is 4.79 Å². The molecule has 4 nitrogen and oxygen atoms in total. The molecule has 1 fully saturated rings. The maximum absolute atomic E-state index is 12.5. The summed E-state index contributed by atoms with van der Waals surface area (Å²) in [6, 6.07) is 2.62. The molecule has 0 aromatic carbocycles. The van der Waals surface area contributed by atoms with E-state index in [1.807, 2.05) is 13.0 Å². The number of rotatable bonds is 4. The molecule has 1 heterocycles. The van der Waals surface area contributed by atoms with Crippen molar-refractivity contribution in [1.29, 1.82) is 0 Å². The predicted octanol–water partition coefficient (Wildman–Crippen LogP) is 2.54. The zero-order chi connectivity index (χ0) is 14.9. The monoisotopic (exact) mass is 277 g/mol. The van der Waals surface area contributed by atoms with E-state index in [1.54, 1.807) is 0 Å². The minimum atomic E-state index is 0.0513. The Morgan fingerprint density at radius 1 is 1.45 bits per heavy atom. The summed E-state index contributed by atoms with van der Waals surface area (Å²) >= 11 is 0. The zero-order valence-corrected chi connectivity index (χ0v) is 13.1. The summed E-state index contributed by atoms with van der Waals surface area (Å²) in [7, 11) is 0. The summed E-state index contributed by atoms with van der Waals surface area (Å²) in [5.74, 6) is 0.489. The molecule has 0 spiro atoms. The van der Waals surface area contributed by atoms with Crippen LogP contribution in [-0.2, 0) is 0 Å². The number of hydrogen-bond acceptors (Lipinski definition) is 2. The molecule has 0 radical (unpaired) electrons. The van der Waals surface area contributed by atoms with Crippen molar-refractivity contribution in [2.24, 2.45) is 11.7 Å². The van der Waals surface area contributed by atoms with Crippen LogP contribution in [0.4, 0.5) is 0 Å². The Bertz CT molecular complexity index is 490. The lowest BCUT2D eigenvalue weighted by Crippen LogP contribution is -2.40. The highest BCUT2D eigenvalue weighted by molar-refractivity contribution is 5.96. The predicted molar refractivity (Wildman–Crippen MR) is 81.9 cm³/mol. The average molecular weight is 277 g/mol. The van der Waals surface area contributed by atoms with E-state index in [4.69, 9.17) is 5.73 Å². The van der Waals surface area contributed by atoms with Crippen LogP contribution in [0.5, 0.6) is 0 Å². The number of carbonyl (C=O) groups excluding carboxylic acids is 1. The largest absolute Gasteiger partial charge is 0.349 e. The second kappa shape index (κ2) is 6.00. The third-order valence-corrected chi connectivity index (χ3v) is 4.52. The van der Waals surface area contributed by atoms with Crippen molar-refractivity contribution in [2.75, 3.05) is 6.54 Å². The number of nitrogens with one attached hydrogen (secondary N) is 1. The number of carbonyl (C=O) groups is 1. The maximum atomic E-state index is 12.5. The van der Waals surface area contributed by atoms with Crippen molar-refractivity contribution in [3.8, 4) is 0 Å². The van der Waals surface area contributed by atoms with Gasteiger partial charge in [0.1, 0.15) is 0 Å². The SMILES string of the molecule is Cc1cc(C(=O)NC2CCCC2CN)c(C)n1C(C)C. The van der Waals surface area contributed by atoms with E-state index < -0.39 is 0 Å². The summed E-state index contributed by atoms with van der Waals surface area (Å²) in [5, 5.41) is 3.18. The van der Waals surface area contributed by atoms with Crippen molar-refractivity contribution in [2.45, 2.75) is 59.0 Å². The topological polar surface area (TPSA) is 60.1 Å². The lowest BCUT2D eigenvalue weighted by Gasteiger charge is -2.19. The van der Waals surface area contributed by atoms with Gasteiger partial charge in [0, 0.05) is 23.5 Å². The minimum absolute atomic E-state index is 0.0513. The highest BCUT2D eigenvalue weighted by Crippen LogP contribution is 2.26. The van der Waals surface area contributed by atoms with Crippen LogP contribution in [0.1, 0.15) is 60.9 Å². The van der Waals surface area contributed by atoms with Crippen LogP contribution in [0.25, 0.3) is 0 Å². The summed E-state index contributed by atoms with van der Waals surface area (Å²) in [6.45, 7) is 9.03. The fraction of sp³-hybridized carbons (Fsp3) is 0.688. The minimum Gasteiger partial charge on any atom is -0.349 e. The van der Waals surface area contributed by atoms with E-state index in [-0.39, 0.29) is 11.9 Å². The Morgan fingerprint density at radius 3 is 2.70 bits per heavy atom. The highest BCUT2D eigenvalue weighted by atomic mass is 16.1. The Hall–Kier alpha value is -1.29. The number of nitrogens with two attached hydrogens (primary N) is 1. The molecular formula is C16H27N3O. The first-order chi connectivity index (χ1) is 9.45. The van der Waals surface area contributed by atoms with E-state index in [1.165, 1.54) is 0 Å². The molecule has 1 aromatic heterocycles. The van der Waals surface area contributed by atoms with Gasteiger partial charge in [-0.2, -0.15) is 0 Å². The number of nitrogens with zero attached hydrogens (tertiary/aromatic N) is 1. The summed E-state index contributed by atoms with van der Waals surface area (Å²) in [6.07, 6.45) is 3.35. The Labute approximate surface area is 121 Å². The third-order valence-electron chi connectivity index (χ3n) is 4.52. The number of hydrogen-bond donors (Lipinski definition) is 2. The standard InChI is InChI=1S/C16H27N3O/c1-10(2)19-11(3)8-14(12(19)4)16(20)18-15-7-5-6-13(15)9-17/h8,10,13,15H,5-7,9,17H2,1-4H3,(H,18,20). The maximum Gasteiger partial charge on any atom is 0.253 e. The van der Waals surface area contributed by atoms with Crippen LogP contribution >= 0.6 is 0 Å². The molecule has 0 aliphatic heterocycles. The second-order valence-corrected chi connectivity index (χ2v) is 6.26. The van der Waals surface area contributed by atoms with Gasteiger partial charge in [0.15, 0.2) is 0 Å². The summed E-state index contributed by atoms with van der Waals surface area (Å²) in [5.41, 5.74) is 8.78. The normalized spacial score (nSPS) is 22.5. The molecule has 1 saturated carbocycles. The molecule has 0 bridgehead atoms. The van der Waals surface area contributed by atoms with Gasteiger partial charge in [0.25, 0.3) is 5.91 Å². The molecule has 1 aromatic rings. The second-order valence-electron chi connectivity index (χ2n) is 6.26. The van der Waals surface area contributed by atoms with Crippen LogP contribution in [-0.4, -0.2) is 23.1 Å². The third kappa shape index (κ3) is 2.75. The quantitative estimate of drug-likeness (QED) is 0.888. The van der Waals surface area contributed by atoms with Gasteiger partial charge < -0.3 is 15.6 Å². The molecule has 3 N–H and O–H groups in total. The molecule has 0 saturated heterocycles. The smallest absolute Gasteiger partial charge is 0.253 e. The van der Waals surface area contributed by atoms with Gasteiger partial charge in [-0.05, 0) is 59.1 Å². The highest BCUT2D eigenvalue weighted by Gasteiger charge is 2.28. The molecule has 1 aliphatic rings. The lowest BCUT2D eigenvalue weighted by atomic mass is 10.0. The van der Waals surface area contributed by atoms with E-state index in [0.29, 0.717) is 18.5 Å². The van der Waals surface area contributed by atoms with Crippen LogP contribution < -0.4 is 11.1 Å². The number of aromatic nitrogens is 1. The first-order valence-corrected chi connectivity index (χ1v) is 7.65. The molecule has 20 heavy (non-hydrogen) atoms. The zero-order valence-electron chi connectivity index (χ0n) is 13.1. The van der Waals surface area contributed by atoms with E-state index in [2.05, 4.69) is 30.7 Å². The van der Waals surface area contributed by atoms with E-state index >= 15 is 0 Å². The van der Waals surface area contributed by atoms with Gasteiger partial charge in [-0.1, -0.05) is 6.42 Å². The van der Waals surface area contributed by atoms with Crippen LogP contribution in [0.15, 0.2) is 6.07 Å². The number of aryl methyl sites for hydroxylation is 1. The Morgan fingerprint density at radius 2 is 2.15 bits per heavy atom. The van der Waals surface area contributed by atoms with Crippen molar-refractivity contribution in [1.82, 2.24) is 9.88 Å². The Balaban J connectivity index is 2.16. The molecule has 1 amide bonds. The van der Waals surface area contributed by atoms with Gasteiger partial charge >= 0.3 is 0 Å². The van der Waals surface area contributed by atoms with Crippen molar-refractivity contribution in [3.63, 3.8) is 0 Å². The fourth-order valence-corrected chi connectivity index (χ4v) is 3.56. The molecule has 112 valence electrons. The first kappa shape index (κ1) is 15.1. The van der Waals surface area contributed by atoms with Gasteiger partial charge in [-0.3, -0.25) is 4.79 Å². The summed E-state index contributed by atoms with van der Waals surface area (Å²) in [4.78, 5) is 12.5. The van der Waals surface area contributed by atoms with Crippen molar-refractivity contribution in [3.05, 3.63) is 23.0 Å². The van der Waals surface area contributed by atoms with Crippen LogP contribution in [0.2, 0.25) is 0 Å². The molecule has 2 rings (SSSR count). The Kier molecular flexibility index (Phi) is 4.53. The lowest BCUT2D eigenvalue weighted by molar-refractivity contribution is 0.0928. The van der Waals surface area contributed by atoms with Gasteiger partial charge in [-0.25, -0.2) is 0 Å². The molecule has 4 heteroatoms. The molecular weight excluding hydrogens is 250 g/mol. The molecule has 2 unspecified atom stereocenters. The van der Waals surface area contributed by atoms with Gasteiger partial charge in [-0.15, -0.1) is 0 Å². The molecule has 2 atom stereocenters. The van der Waals surface area contributed by atoms with Crippen molar-refractivity contribution >= 4 is 5.91 Å². The molecule has 1 aliphatic carbocycles. The number of amides is 1.